The van der Waals surface area contributed by atoms with Gasteiger partial charge in [-0.3, -0.25) is 4.79 Å². The molecule has 2 aliphatic heterocycles. The fourth-order valence-electron chi connectivity index (χ4n) is 3.23. The van der Waals surface area contributed by atoms with E-state index in [9.17, 15) is 13.2 Å². The van der Waals surface area contributed by atoms with Gasteiger partial charge in [0.25, 0.3) is 0 Å². The highest BCUT2D eigenvalue weighted by Crippen LogP contribution is 2.42. The van der Waals surface area contributed by atoms with Crippen molar-refractivity contribution in [2.75, 3.05) is 0 Å². The normalized spacial score (nSPS) is 33.5. The number of carbonyl (C=O) groups is 1. The van der Waals surface area contributed by atoms with Crippen molar-refractivity contribution in [2.24, 2.45) is 13.0 Å². The van der Waals surface area contributed by atoms with Gasteiger partial charge < -0.3 is 4.57 Å². The zero-order valence-electron chi connectivity index (χ0n) is 10.2. The Hall–Kier alpha value is -1.17. The minimum Gasteiger partial charge on any atom is -0.331 e. The number of aromatic nitrogens is 2. The van der Waals surface area contributed by atoms with Crippen LogP contribution in [0, 0.1) is 5.92 Å². The lowest BCUT2D eigenvalue weighted by molar-refractivity contribution is 0.0897. The smallest absolute Gasteiger partial charge is 0.183 e. The summed E-state index contributed by atoms with van der Waals surface area (Å²) >= 11 is 0. The van der Waals surface area contributed by atoms with E-state index in [2.05, 4.69) is 4.98 Å². The largest absolute Gasteiger partial charge is 0.331 e. The molecule has 2 unspecified atom stereocenters. The zero-order valence-corrected chi connectivity index (χ0v) is 11.1. The van der Waals surface area contributed by atoms with E-state index in [1.165, 1.54) is 0 Å². The Labute approximate surface area is 106 Å². The number of hydrogen-bond donors (Lipinski definition) is 0. The molecule has 2 aliphatic rings. The van der Waals surface area contributed by atoms with Crippen LogP contribution in [0.3, 0.4) is 0 Å². The van der Waals surface area contributed by atoms with Gasteiger partial charge >= 0.3 is 0 Å². The van der Waals surface area contributed by atoms with E-state index >= 15 is 0 Å². The first-order valence-electron chi connectivity index (χ1n) is 6.23. The number of imidazole rings is 1. The van der Waals surface area contributed by atoms with Gasteiger partial charge in [-0.25, -0.2) is 13.4 Å². The number of nitrogens with zero attached hydrogens (tertiary/aromatic N) is 2. The summed E-state index contributed by atoms with van der Waals surface area (Å²) in [4.78, 5) is 16.3. The van der Waals surface area contributed by atoms with Gasteiger partial charge in [0.05, 0.1) is 23.0 Å². The second-order valence-corrected chi connectivity index (χ2v) is 7.84. The molecule has 3 heterocycles. The molecule has 18 heavy (non-hydrogen) atoms. The number of carbonyl (C=O) groups excluding carboxylic acids is 1. The molecule has 2 fully saturated rings. The van der Waals surface area contributed by atoms with Crippen LogP contribution in [0.25, 0.3) is 0 Å². The lowest BCUT2D eigenvalue weighted by Crippen LogP contribution is -2.36. The predicted molar refractivity (Wildman–Crippen MR) is 66.0 cm³/mol. The molecule has 3 rings (SSSR count). The third-order valence-electron chi connectivity index (χ3n) is 4.27. The van der Waals surface area contributed by atoms with Crippen LogP contribution in [0.1, 0.15) is 36.2 Å². The highest BCUT2D eigenvalue weighted by atomic mass is 32.2. The van der Waals surface area contributed by atoms with E-state index < -0.39 is 9.84 Å². The molecule has 0 spiro atoms. The number of Topliss-reactive ketones (excluding diaryl/α,β-unsaturated/α-hetero) is 1. The zero-order chi connectivity index (χ0) is 12.9. The topological polar surface area (TPSA) is 69.0 Å². The lowest BCUT2D eigenvalue weighted by Gasteiger charge is -2.26. The Kier molecular flexibility index (Phi) is 2.59. The predicted octanol–water partition coefficient (Wildman–Crippen LogP) is 0.959. The van der Waals surface area contributed by atoms with Gasteiger partial charge in [-0.15, -0.1) is 0 Å². The molecule has 1 aromatic heterocycles. The summed E-state index contributed by atoms with van der Waals surface area (Å²) in [5, 5.41) is -0.586. The second kappa shape index (κ2) is 3.91. The standard InChI is InChI=1S/C12H16N2O3S/c1-14-7-13-6-11(14)12(15)8-4-9-2-3-10(5-8)18(9,16)17/h6-10H,2-5H2,1H3. The Balaban J connectivity index is 1.85. The van der Waals surface area contributed by atoms with Gasteiger partial charge in [0.2, 0.25) is 0 Å². The fraction of sp³-hybridized carbons (Fsp3) is 0.667. The number of hydrogen-bond acceptors (Lipinski definition) is 4. The van der Waals surface area contributed by atoms with Crippen molar-refractivity contribution < 1.29 is 13.2 Å². The van der Waals surface area contributed by atoms with Crippen molar-refractivity contribution >= 4 is 15.6 Å². The average Bonchev–Trinajstić information content (AvgIpc) is 2.75. The fourth-order valence-corrected chi connectivity index (χ4v) is 5.70. The number of ketones is 1. The number of sulfone groups is 1. The summed E-state index contributed by atoms with van der Waals surface area (Å²) in [5.41, 5.74) is 0.582. The Morgan fingerprint density at radius 2 is 1.94 bits per heavy atom. The van der Waals surface area contributed by atoms with Gasteiger partial charge in [0, 0.05) is 13.0 Å². The second-order valence-electron chi connectivity index (χ2n) is 5.33. The summed E-state index contributed by atoms with van der Waals surface area (Å²) < 4.78 is 25.6. The van der Waals surface area contributed by atoms with Gasteiger partial charge in [0.1, 0.15) is 5.69 Å². The maximum Gasteiger partial charge on any atom is 0.183 e. The SMILES string of the molecule is Cn1cncc1C(=O)C1CC2CCC(C1)S2(=O)=O. The lowest BCUT2D eigenvalue weighted by atomic mass is 9.93. The van der Waals surface area contributed by atoms with Crippen LogP contribution in [0.15, 0.2) is 12.5 Å². The van der Waals surface area contributed by atoms with E-state index in [0.29, 0.717) is 18.5 Å². The summed E-state index contributed by atoms with van der Waals surface area (Å²) in [5.74, 6) is -0.108. The van der Waals surface area contributed by atoms with Gasteiger partial charge in [-0.2, -0.15) is 0 Å². The Bertz CT molecular complexity index is 570. The molecule has 0 radical (unpaired) electrons. The quantitative estimate of drug-likeness (QED) is 0.749. The molecule has 2 atom stereocenters. The van der Waals surface area contributed by atoms with Crippen LogP contribution in [0.2, 0.25) is 0 Å². The van der Waals surface area contributed by atoms with Crippen molar-refractivity contribution in [2.45, 2.75) is 36.2 Å². The van der Waals surface area contributed by atoms with Crippen LogP contribution >= 0.6 is 0 Å². The summed E-state index contributed by atoms with van der Waals surface area (Å²) in [6.45, 7) is 0. The molecule has 2 bridgehead atoms. The highest BCUT2D eigenvalue weighted by Gasteiger charge is 2.48. The molecule has 0 amide bonds. The molecule has 6 heteroatoms. The molecule has 2 saturated heterocycles. The first-order valence-corrected chi connectivity index (χ1v) is 7.84. The number of fused-ring (bicyclic) bond motifs is 2. The molecule has 0 N–H and O–H groups in total. The minimum atomic E-state index is -2.95. The van der Waals surface area contributed by atoms with E-state index in [1.54, 1.807) is 24.1 Å². The molecule has 5 nitrogen and oxygen atoms in total. The van der Waals surface area contributed by atoms with Crippen molar-refractivity contribution in [3.63, 3.8) is 0 Å². The molecule has 98 valence electrons. The van der Waals surface area contributed by atoms with E-state index in [1.807, 2.05) is 0 Å². The van der Waals surface area contributed by atoms with Gasteiger partial charge in [-0.05, 0) is 25.7 Å². The molecule has 0 saturated carbocycles. The first kappa shape index (κ1) is 11.9. The van der Waals surface area contributed by atoms with E-state index in [-0.39, 0.29) is 22.2 Å². The molecule has 0 aliphatic carbocycles. The number of aryl methyl sites for hydroxylation is 1. The molecular weight excluding hydrogens is 252 g/mol. The summed E-state index contributed by atoms with van der Waals surface area (Å²) in [6.07, 6.45) is 5.59. The van der Waals surface area contributed by atoms with Crippen molar-refractivity contribution in [1.29, 1.82) is 0 Å². The van der Waals surface area contributed by atoms with Crippen LogP contribution in [-0.4, -0.2) is 34.3 Å². The van der Waals surface area contributed by atoms with Crippen LogP contribution < -0.4 is 0 Å². The van der Waals surface area contributed by atoms with Crippen LogP contribution in [-0.2, 0) is 16.9 Å². The monoisotopic (exact) mass is 268 g/mol. The molecule has 1 aromatic rings. The minimum absolute atomic E-state index is 0.0433. The van der Waals surface area contributed by atoms with E-state index in [4.69, 9.17) is 0 Å². The van der Waals surface area contributed by atoms with Crippen molar-refractivity contribution in [3.8, 4) is 0 Å². The summed E-state index contributed by atoms with van der Waals surface area (Å²) in [7, 11) is -1.16. The highest BCUT2D eigenvalue weighted by molar-refractivity contribution is 7.93. The van der Waals surface area contributed by atoms with E-state index in [0.717, 1.165) is 12.8 Å². The van der Waals surface area contributed by atoms with Crippen LogP contribution in [0.5, 0.6) is 0 Å². The Morgan fingerprint density at radius 1 is 1.33 bits per heavy atom. The maximum atomic E-state index is 12.4. The third kappa shape index (κ3) is 1.62. The number of rotatable bonds is 2. The van der Waals surface area contributed by atoms with Gasteiger partial charge in [0.15, 0.2) is 15.6 Å². The Morgan fingerprint density at radius 3 is 2.44 bits per heavy atom. The average molecular weight is 268 g/mol. The molecular formula is C12H16N2O3S. The van der Waals surface area contributed by atoms with Crippen molar-refractivity contribution in [1.82, 2.24) is 9.55 Å². The molecule has 0 aromatic carbocycles. The summed E-state index contributed by atoms with van der Waals surface area (Å²) in [6, 6.07) is 0. The first-order chi connectivity index (χ1) is 8.50. The van der Waals surface area contributed by atoms with Crippen LogP contribution in [0.4, 0.5) is 0 Å². The van der Waals surface area contributed by atoms with Crippen molar-refractivity contribution in [3.05, 3.63) is 18.2 Å². The van der Waals surface area contributed by atoms with Gasteiger partial charge in [-0.1, -0.05) is 0 Å². The maximum absolute atomic E-state index is 12.4. The third-order valence-corrected chi connectivity index (χ3v) is 6.99.